The molecule has 1 saturated carbocycles. The van der Waals surface area contributed by atoms with Crippen molar-refractivity contribution >= 4 is 21.7 Å². The van der Waals surface area contributed by atoms with Crippen LogP contribution in [0.5, 0.6) is 0 Å². The molecule has 1 aromatic rings. The second-order valence-corrected chi connectivity index (χ2v) is 6.84. The number of sulfonamides is 1. The van der Waals surface area contributed by atoms with Gasteiger partial charge in [-0.2, -0.15) is 0 Å². The van der Waals surface area contributed by atoms with Crippen LogP contribution in [-0.2, 0) is 14.8 Å². The van der Waals surface area contributed by atoms with Gasteiger partial charge in [-0.25, -0.2) is 17.9 Å². The molecule has 7 heteroatoms. The Morgan fingerprint density at radius 3 is 2.20 bits per heavy atom. The number of nitrogens with one attached hydrogen (secondary N) is 2. The van der Waals surface area contributed by atoms with Crippen LogP contribution in [0.25, 0.3) is 0 Å². The minimum absolute atomic E-state index is 0.154. The van der Waals surface area contributed by atoms with E-state index in [9.17, 15) is 18.3 Å². The van der Waals surface area contributed by atoms with E-state index >= 15 is 0 Å². The van der Waals surface area contributed by atoms with E-state index in [2.05, 4.69) is 10.0 Å². The molecule has 110 valence electrons. The maximum atomic E-state index is 11.6. The summed E-state index contributed by atoms with van der Waals surface area (Å²) in [5.41, 5.74) is -0.312. The highest BCUT2D eigenvalue weighted by Gasteiger charge is 2.41. The molecule has 0 atom stereocenters. The van der Waals surface area contributed by atoms with Crippen molar-refractivity contribution in [3.63, 3.8) is 0 Å². The molecule has 3 N–H and O–H groups in total. The van der Waals surface area contributed by atoms with Crippen LogP contribution in [0.1, 0.15) is 25.7 Å². The fraction of sp³-hybridized carbons (Fsp3) is 0.462. The van der Waals surface area contributed by atoms with Gasteiger partial charge in [-0.1, -0.05) is 12.8 Å². The largest absolute Gasteiger partial charge is 0.480 e. The third-order valence-electron chi connectivity index (χ3n) is 3.68. The van der Waals surface area contributed by atoms with Gasteiger partial charge in [-0.3, -0.25) is 0 Å². The summed E-state index contributed by atoms with van der Waals surface area (Å²) in [6, 6.07) is 6.10. The van der Waals surface area contributed by atoms with Crippen molar-refractivity contribution in [3.05, 3.63) is 24.3 Å². The Hall–Kier alpha value is -1.60. The highest BCUT2D eigenvalue weighted by atomic mass is 32.2. The lowest BCUT2D eigenvalue weighted by molar-refractivity contribution is -0.142. The Morgan fingerprint density at radius 2 is 1.75 bits per heavy atom. The van der Waals surface area contributed by atoms with E-state index < -0.39 is 21.5 Å². The molecule has 1 fully saturated rings. The molecule has 1 aliphatic rings. The van der Waals surface area contributed by atoms with Gasteiger partial charge < -0.3 is 10.4 Å². The Labute approximate surface area is 118 Å². The van der Waals surface area contributed by atoms with Gasteiger partial charge in [0.15, 0.2) is 0 Å². The van der Waals surface area contributed by atoms with Gasteiger partial charge in [0.25, 0.3) is 0 Å². The molecule has 0 spiro atoms. The van der Waals surface area contributed by atoms with Gasteiger partial charge in [0.2, 0.25) is 10.0 Å². The number of aliphatic carboxylic acids is 1. The van der Waals surface area contributed by atoms with Crippen LogP contribution < -0.4 is 10.0 Å². The molecule has 6 nitrogen and oxygen atoms in total. The third kappa shape index (κ3) is 2.78. The molecule has 0 bridgehead atoms. The van der Waals surface area contributed by atoms with Crippen molar-refractivity contribution in [1.29, 1.82) is 0 Å². The van der Waals surface area contributed by atoms with E-state index in [1.165, 1.54) is 19.2 Å². The van der Waals surface area contributed by atoms with E-state index in [0.29, 0.717) is 18.5 Å². The monoisotopic (exact) mass is 298 g/mol. The minimum atomic E-state index is -3.47. The van der Waals surface area contributed by atoms with E-state index in [-0.39, 0.29) is 4.90 Å². The highest BCUT2D eigenvalue weighted by molar-refractivity contribution is 7.89. The lowest BCUT2D eigenvalue weighted by Crippen LogP contribution is -2.43. The summed E-state index contributed by atoms with van der Waals surface area (Å²) in [5, 5.41) is 12.4. The summed E-state index contributed by atoms with van der Waals surface area (Å²) in [6.07, 6.45) is 2.93. The maximum absolute atomic E-state index is 11.6. The van der Waals surface area contributed by atoms with E-state index in [0.717, 1.165) is 12.8 Å². The number of anilines is 1. The predicted molar refractivity (Wildman–Crippen MR) is 75.1 cm³/mol. The molecule has 0 radical (unpaired) electrons. The molecular formula is C13H18N2O4S. The normalized spacial score (nSPS) is 17.9. The number of carboxylic acids is 1. The van der Waals surface area contributed by atoms with E-state index in [1.807, 2.05) is 0 Å². The molecular weight excluding hydrogens is 280 g/mol. The molecule has 20 heavy (non-hydrogen) atoms. The molecule has 2 rings (SSSR count). The summed E-state index contributed by atoms with van der Waals surface area (Å²) in [5.74, 6) is -0.859. The number of carbonyl (C=O) groups is 1. The average molecular weight is 298 g/mol. The Kier molecular flexibility index (Phi) is 4.01. The van der Waals surface area contributed by atoms with Crippen molar-refractivity contribution < 1.29 is 18.3 Å². The van der Waals surface area contributed by atoms with Crippen molar-refractivity contribution in [3.8, 4) is 0 Å². The van der Waals surface area contributed by atoms with Crippen LogP contribution in [0, 0.1) is 0 Å². The summed E-state index contributed by atoms with van der Waals surface area (Å²) < 4.78 is 25.4. The quantitative estimate of drug-likeness (QED) is 0.764. The van der Waals surface area contributed by atoms with Gasteiger partial charge in [-0.05, 0) is 44.2 Å². The van der Waals surface area contributed by atoms with Crippen molar-refractivity contribution in [2.75, 3.05) is 12.4 Å². The van der Waals surface area contributed by atoms with Crippen molar-refractivity contribution in [2.45, 2.75) is 36.1 Å². The summed E-state index contributed by atoms with van der Waals surface area (Å²) >= 11 is 0. The smallest absolute Gasteiger partial charge is 0.329 e. The zero-order chi connectivity index (χ0) is 14.8. The number of benzene rings is 1. The first-order valence-electron chi connectivity index (χ1n) is 6.45. The SMILES string of the molecule is CNS(=O)(=O)c1ccc(NC2(C(=O)O)CCCC2)cc1. The molecule has 0 aliphatic heterocycles. The average Bonchev–Trinajstić information content (AvgIpc) is 2.89. The van der Waals surface area contributed by atoms with Gasteiger partial charge in [0.05, 0.1) is 4.90 Å². The summed E-state index contributed by atoms with van der Waals surface area (Å²) in [6.45, 7) is 0. The van der Waals surface area contributed by atoms with Crippen LogP contribution in [0.2, 0.25) is 0 Å². The van der Waals surface area contributed by atoms with Crippen molar-refractivity contribution in [1.82, 2.24) is 4.72 Å². The van der Waals surface area contributed by atoms with Gasteiger partial charge >= 0.3 is 5.97 Å². The summed E-state index contributed by atoms with van der Waals surface area (Å²) in [4.78, 5) is 11.6. The van der Waals surface area contributed by atoms with Crippen LogP contribution >= 0.6 is 0 Å². The predicted octanol–water partition coefficient (Wildman–Crippen LogP) is 1.40. The molecule has 0 unspecified atom stereocenters. The van der Waals surface area contributed by atoms with Crippen molar-refractivity contribution in [2.24, 2.45) is 0 Å². The molecule has 0 saturated heterocycles. The van der Waals surface area contributed by atoms with E-state index in [1.54, 1.807) is 12.1 Å². The van der Waals surface area contributed by atoms with E-state index in [4.69, 9.17) is 0 Å². The standard InChI is InChI=1S/C13H18N2O4S/c1-14-20(18,19)11-6-4-10(5-7-11)15-13(12(16)17)8-2-3-9-13/h4-7,14-15H,2-3,8-9H2,1H3,(H,16,17). The zero-order valence-corrected chi connectivity index (χ0v) is 12.0. The first-order chi connectivity index (χ1) is 9.39. The van der Waals surface area contributed by atoms with Crippen LogP contribution in [0.4, 0.5) is 5.69 Å². The Balaban J connectivity index is 2.21. The number of rotatable bonds is 5. The topological polar surface area (TPSA) is 95.5 Å². The number of carboxylic acid groups (broad SMARTS) is 1. The molecule has 0 aromatic heterocycles. The Bertz CT molecular complexity index is 589. The second kappa shape index (κ2) is 5.41. The van der Waals surface area contributed by atoms with Crippen LogP contribution in [-0.4, -0.2) is 32.1 Å². The highest BCUT2D eigenvalue weighted by Crippen LogP contribution is 2.33. The van der Waals surface area contributed by atoms with Crippen LogP contribution in [0.15, 0.2) is 29.2 Å². The second-order valence-electron chi connectivity index (χ2n) is 4.95. The van der Waals surface area contributed by atoms with Gasteiger partial charge in [-0.15, -0.1) is 0 Å². The fourth-order valence-electron chi connectivity index (χ4n) is 2.48. The first-order valence-corrected chi connectivity index (χ1v) is 7.93. The van der Waals surface area contributed by atoms with Crippen LogP contribution in [0.3, 0.4) is 0 Å². The first kappa shape index (κ1) is 14.8. The molecule has 1 aromatic carbocycles. The van der Waals surface area contributed by atoms with Gasteiger partial charge in [0, 0.05) is 5.69 Å². The zero-order valence-electron chi connectivity index (χ0n) is 11.2. The minimum Gasteiger partial charge on any atom is -0.480 e. The Morgan fingerprint density at radius 1 is 1.20 bits per heavy atom. The lowest BCUT2D eigenvalue weighted by Gasteiger charge is -2.26. The maximum Gasteiger partial charge on any atom is 0.329 e. The summed E-state index contributed by atoms with van der Waals surface area (Å²) in [7, 11) is -2.12. The number of hydrogen-bond donors (Lipinski definition) is 3. The lowest BCUT2D eigenvalue weighted by atomic mass is 9.97. The fourth-order valence-corrected chi connectivity index (χ4v) is 3.21. The third-order valence-corrected chi connectivity index (χ3v) is 5.11. The number of hydrogen-bond acceptors (Lipinski definition) is 4. The molecule has 0 amide bonds. The molecule has 1 aliphatic carbocycles. The van der Waals surface area contributed by atoms with Gasteiger partial charge in [0.1, 0.15) is 5.54 Å². The molecule has 0 heterocycles.